The van der Waals surface area contributed by atoms with E-state index in [0.29, 0.717) is 31.6 Å². The van der Waals surface area contributed by atoms with Crippen LogP contribution in [0.1, 0.15) is 10.5 Å². The summed E-state index contributed by atoms with van der Waals surface area (Å²) in [4.78, 5) is 39.9. The molecule has 168 valence electrons. The number of carbonyl (C=O) groups excluding carboxylic acids is 2. The number of benzene rings is 1. The molecule has 0 atom stereocenters. The first kappa shape index (κ1) is 23.9. The van der Waals surface area contributed by atoms with Crippen molar-refractivity contribution in [1.29, 1.82) is 0 Å². The number of aliphatic carboxylic acids is 1. The number of halogens is 5. The van der Waals surface area contributed by atoms with Gasteiger partial charge in [0, 0.05) is 37.6 Å². The number of nitrogens with zero attached hydrogens (tertiary/aromatic N) is 3. The number of fused-ring (bicyclic) bond motifs is 1. The maximum atomic E-state index is 13.3. The van der Waals surface area contributed by atoms with E-state index < -0.39 is 29.7 Å². The van der Waals surface area contributed by atoms with Crippen molar-refractivity contribution in [1.82, 2.24) is 14.8 Å². The van der Waals surface area contributed by atoms with Crippen molar-refractivity contribution >= 4 is 28.7 Å². The number of amides is 2. The molecule has 3 N–H and O–H groups in total. The fraction of sp³-hybridized carbons (Fsp3) is 0.333. The molecule has 0 aliphatic carbocycles. The highest BCUT2D eigenvalue weighted by molar-refractivity contribution is 5.95. The van der Waals surface area contributed by atoms with E-state index in [9.17, 15) is 31.5 Å². The summed E-state index contributed by atoms with van der Waals surface area (Å²) in [6, 6.07) is 5.07. The van der Waals surface area contributed by atoms with Crippen LogP contribution < -0.4 is 5.73 Å². The molecule has 1 saturated heterocycles. The second-order valence-electron chi connectivity index (χ2n) is 6.49. The zero-order valence-corrected chi connectivity index (χ0v) is 15.8. The Balaban J connectivity index is 0.000000423. The molecule has 3 rings (SSSR count). The minimum Gasteiger partial charge on any atom is -0.475 e. The Hall–Kier alpha value is -3.35. The number of carbonyl (C=O) groups is 3. The van der Waals surface area contributed by atoms with Gasteiger partial charge in [0.05, 0.1) is 12.1 Å². The van der Waals surface area contributed by atoms with Crippen molar-refractivity contribution in [2.45, 2.75) is 6.18 Å². The van der Waals surface area contributed by atoms with Crippen LogP contribution in [-0.2, 0) is 9.59 Å². The molecule has 0 unspecified atom stereocenters. The van der Waals surface area contributed by atoms with Crippen molar-refractivity contribution in [3.8, 4) is 0 Å². The van der Waals surface area contributed by atoms with Gasteiger partial charge in [-0.3, -0.25) is 14.5 Å². The number of hydrogen-bond donors (Lipinski definition) is 2. The van der Waals surface area contributed by atoms with E-state index in [0.717, 1.165) is 12.1 Å². The normalized spacial score (nSPS) is 14.7. The van der Waals surface area contributed by atoms with Crippen LogP contribution in [0.3, 0.4) is 0 Å². The van der Waals surface area contributed by atoms with Crippen molar-refractivity contribution in [2.75, 3.05) is 32.7 Å². The molecule has 0 bridgehead atoms. The summed E-state index contributed by atoms with van der Waals surface area (Å²) < 4.78 is 58.3. The van der Waals surface area contributed by atoms with Crippen LogP contribution in [-0.4, -0.2) is 76.6 Å². The third-order valence-electron chi connectivity index (χ3n) is 4.23. The quantitative estimate of drug-likeness (QED) is 0.686. The molecule has 31 heavy (non-hydrogen) atoms. The van der Waals surface area contributed by atoms with Gasteiger partial charge in [-0.25, -0.2) is 18.6 Å². The third-order valence-corrected chi connectivity index (χ3v) is 4.23. The standard InChI is InChI=1S/C16H16F2N4O2.C2HF3O2/c17-11-7-10-1-2-13(20-14(10)8-12(11)18)16(24)22-5-3-21(4-6-22)9-15(19)23;3-2(4,5)1(6)7/h1-2,7-8H,3-6,9H2,(H2,19,23);(H,6,7). The molecule has 0 spiro atoms. The van der Waals surface area contributed by atoms with Crippen molar-refractivity contribution < 1.29 is 41.4 Å². The molecular formula is C18H17F5N4O4. The SMILES string of the molecule is NC(=O)CN1CCN(C(=O)c2ccc3cc(F)c(F)cc3n2)CC1.O=C(O)C(F)(F)F. The smallest absolute Gasteiger partial charge is 0.475 e. The molecule has 1 aliphatic rings. The maximum Gasteiger partial charge on any atom is 0.490 e. The first-order chi connectivity index (χ1) is 14.4. The summed E-state index contributed by atoms with van der Waals surface area (Å²) in [6.45, 7) is 2.15. The predicted octanol–water partition coefficient (Wildman–Crippen LogP) is 1.39. The second-order valence-corrected chi connectivity index (χ2v) is 6.49. The van der Waals surface area contributed by atoms with Crippen molar-refractivity contribution in [3.05, 3.63) is 41.6 Å². The van der Waals surface area contributed by atoms with Crippen LogP contribution in [0.5, 0.6) is 0 Å². The lowest BCUT2D eigenvalue weighted by Gasteiger charge is -2.33. The third kappa shape index (κ3) is 6.57. The van der Waals surface area contributed by atoms with Crippen LogP contribution >= 0.6 is 0 Å². The Bertz CT molecular complexity index is 991. The molecule has 2 aromatic rings. The number of carboxylic acids is 1. The van der Waals surface area contributed by atoms with Gasteiger partial charge in [-0.2, -0.15) is 13.2 Å². The Morgan fingerprint density at radius 2 is 1.58 bits per heavy atom. The number of pyridine rings is 1. The molecule has 1 aromatic carbocycles. The number of nitrogens with two attached hydrogens (primary N) is 1. The van der Waals surface area contributed by atoms with Gasteiger partial charge >= 0.3 is 12.1 Å². The number of hydrogen-bond acceptors (Lipinski definition) is 5. The Kier molecular flexibility index (Phi) is 7.44. The molecule has 0 radical (unpaired) electrons. The van der Waals surface area contributed by atoms with Gasteiger partial charge in [0.1, 0.15) is 5.69 Å². The number of piperazine rings is 1. The Morgan fingerprint density at radius 1 is 1.03 bits per heavy atom. The minimum atomic E-state index is -5.08. The van der Waals surface area contributed by atoms with Crippen molar-refractivity contribution in [3.63, 3.8) is 0 Å². The first-order valence-electron chi connectivity index (χ1n) is 8.74. The van der Waals surface area contributed by atoms with Gasteiger partial charge in [0.15, 0.2) is 11.6 Å². The highest BCUT2D eigenvalue weighted by Gasteiger charge is 2.38. The van der Waals surface area contributed by atoms with Crippen LogP contribution in [0.4, 0.5) is 22.0 Å². The molecular weight excluding hydrogens is 431 g/mol. The van der Waals surface area contributed by atoms with Gasteiger partial charge < -0.3 is 15.7 Å². The highest BCUT2D eigenvalue weighted by atomic mass is 19.4. The Morgan fingerprint density at radius 3 is 2.10 bits per heavy atom. The van der Waals surface area contributed by atoms with Gasteiger partial charge in [0.2, 0.25) is 5.91 Å². The minimum absolute atomic E-state index is 0.168. The molecule has 1 fully saturated rings. The van der Waals surface area contributed by atoms with Gasteiger partial charge in [-0.05, 0) is 12.1 Å². The summed E-state index contributed by atoms with van der Waals surface area (Å²) in [5.74, 6) is -5.39. The lowest BCUT2D eigenvalue weighted by molar-refractivity contribution is -0.192. The summed E-state index contributed by atoms with van der Waals surface area (Å²) in [5, 5.41) is 7.55. The molecule has 2 heterocycles. The topological polar surface area (TPSA) is 117 Å². The molecule has 2 amide bonds. The lowest BCUT2D eigenvalue weighted by Crippen LogP contribution is -2.50. The largest absolute Gasteiger partial charge is 0.490 e. The van der Waals surface area contributed by atoms with Crippen LogP contribution in [0.15, 0.2) is 24.3 Å². The molecule has 1 aromatic heterocycles. The van der Waals surface area contributed by atoms with Crippen molar-refractivity contribution in [2.24, 2.45) is 5.73 Å². The van der Waals surface area contributed by atoms with Crippen LogP contribution in [0.25, 0.3) is 10.9 Å². The van der Waals surface area contributed by atoms with E-state index in [4.69, 9.17) is 15.6 Å². The maximum absolute atomic E-state index is 13.3. The second kappa shape index (κ2) is 9.64. The fourth-order valence-corrected chi connectivity index (χ4v) is 2.73. The number of carboxylic acid groups (broad SMARTS) is 1. The molecule has 1 aliphatic heterocycles. The summed E-state index contributed by atoms with van der Waals surface area (Å²) in [6.07, 6.45) is -5.08. The first-order valence-corrected chi connectivity index (χ1v) is 8.74. The zero-order chi connectivity index (χ0) is 23.3. The monoisotopic (exact) mass is 448 g/mol. The number of aromatic nitrogens is 1. The average Bonchev–Trinajstić information content (AvgIpc) is 2.68. The van der Waals surface area contributed by atoms with Crippen LogP contribution in [0.2, 0.25) is 0 Å². The number of primary amides is 1. The molecule has 13 heteroatoms. The van der Waals surface area contributed by atoms with E-state index >= 15 is 0 Å². The number of rotatable bonds is 3. The molecule has 0 saturated carbocycles. The summed E-state index contributed by atoms with van der Waals surface area (Å²) in [7, 11) is 0. The predicted molar refractivity (Wildman–Crippen MR) is 96.9 cm³/mol. The zero-order valence-electron chi connectivity index (χ0n) is 15.8. The average molecular weight is 448 g/mol. The fourth-order valence-electron chi connectivity index (χ4n) is 2.73. The number of alkyl halides is 3. The van der Waals surface area contributed by atoms with E-state index in [1.807, 2.05) is 4.90 Å². The van der Waals surface area contributed by atoms with Crippen LogP contribution in [0, 0.1) is 11.6 Å². The van der Waals surface area contributed by atoms with Gasteiger partial charge in [-0.15, -0.1) is 0 Å². The van der Waals surface area contributed by atoms with Gasteiger partial charge in [0.25, 0.3) is 5.91 Å². The van der Waals surface area contributed by atoms with Gasteiger partial charge in [-0.1, -0.05) is 6.07 Å². The summed E-state index contributed by atoms with van der Waals surface area (Å²) in [5.41, 5.74) is 5.56. The lowest BCUT2D eigenvalue weighted by atomic mass is 10.1. The van der Waals surface area contributed by atoms with E-state index in [2.05, 4.69) is 4.98 Å². The highest BCUT2D eigenvalue weighted by Crippen LogP contribution is 2.18. The van der Waals surface area contributed by atoms with E-state index in [-0.39, 0.29) is 23.7 Å². The van der Waals surface area contributed by atoms with E-state index in [1.54, 1.807) is 11.0 Å². The van der Waals surface area contributed by atoms with E-state index in [1.165, 1.54) is 6.07 Å². The Labute approximate surface area is 172 Å². The summed E-state index contributed by atoms with van der Waals surface area (Å²) >= 11 is 0. The molecule has 8 nitrogen and oxygen atoms in total.